The molecule has 1 amide bonds. The molecule has 150 valence electrons. The molecule has 1 aromatic carbocycles. The molecule has 1 aliphatic rings. The Morgan fingerprint density at radius 3 is 3.00 bits per heavy atom. The van der Waals surface area contributed by atoms with Crippen molar-refractivity contribution in [3.63, 3.8) is 0 Å². The number of nitrogens with zero attached hydrogens (tertiary/aromatic N) is 6. The number of halogens is 1. The van der Waals surface area contributed by atoms with Crippen LogP contribution in [0.1, 0.15) is 12.6 Å². The molecule has 9 nitrogen and oxygen atoms in total. The van der Waals surface area contributed by atoms with Gasteiger partial charge in [0.1, 0.15) is 24.6 Å². The Morgan fingerprint density at radius 1 is 1.41 bits per heavy atom. The molecule has 1 unspecified atom stereocenters. The van der Waals surface area contributed by atoms with Crippen LogP contribution in [0.2, 0.25) is 0 Å². The third-order valence-electron chi connectivity index (χ3n) is 4.40. The van der Waals surface area contributed by atoms with Crippen molar-refractivity contribution in [3.8, 4) is 5.69 Å². The Bertz CT molecular complexity index is 1040. The maximum atomic E-state index is 14.8. The predicted octanol–water partition coefficient (Wildman–Crippen LogP) is 1.91. The quantitative estimate of drug-likeness (QED) is 0.615. The zero-order valence-electron chi connectivity index (χ0n) is 15.5. The van der Waals surface area contributed by atoms with E-state index >= 15 is 0 Å². The number of carbonyl (C=O) groups excluding carboxylic acids is 1. The fraction of sp³-hybridized carbons (Fsp3) is 0.278. The van der Waals surface area contributed by atoms with E-state index in [9.17, 15) is 9.18 Å². The van der Waals surface area contributed by atoms with E-state index in [-0.39, 0.29) is 6.10 Å². The van der Waals surface area contributed by atoms with Crippen molar-refractivity contribution < 1.29 is 13.9 Å². The third kappa shape index (κ3) is 4.24. The van der Waals surface area contributed by atoms with Crippen molar-refractivity contribution in [1.29, 1.82) is 0 Å². The lowest BCUT2D eigenvalue weighted by molar-refractivity contribution is 0.143. The number of carbonyl (C=O) groups is 1. The van der Waals surface area contributed by atoms with Gasteiger partial charge in [-0.2, -0.15) is 5.10 Å². The summed E-state index contributed by atoms with van der Waals surface area (Å²) in [5.74, 6) is -0.476. The molecule has 0 bridgehead atoms. The summed E-state index contributed by atoms with van der Waals surface area (Å²) < 4.78 is 23.3. The summed E-state index contributed by atoms with van der Waals surface area (Å²) >= 11 is 4.96. The van der Waals surface area contributed by atoms with Crippen LogP contribution in [0.25, 0.3) is 5.69 Å². The lowest BCUT2D eigenvalue weighted by Gasteiger charge is -2.14. The smallest absolute Gasteiger partial charge is 0.414 e. The number of anilines is 1. The number of aromatic nitrogens is 5. The van der Waals surface area contributed by atoms with Gasteiger partial charge < -0.3 is 14.6 Å². The lowest BCUT2D eigenvalue weighted by Crippen LogP contribution is -2.32. The largest absolute Gasteiger partial charge is 0.442 e. The summed E-state index contributed by atoms with van der Waals surface area (Å²) in [6.45, 7) is 2.93. The summed E-state index contributed by atoms with van der Waals surface area (Å²) in [5, 5.41) is 7.00. The van der Waals surface area contributed by atoms with Crippen molar-refractivity contribution in [2.45, 2.75) is 19.6 Å². The van der Waals surface area contributed by atoms with Gasteiger partial charge in [0, 0.05) is 6.20 Å². The fourth-order valence-corrected chi connectivity index (χ4v) is 3.11. The highest BCUT2D eigenvalue weighted by molar-refractivity contribution is 7.80. The van der Waals surface area contributed by atoms with E-state index < -0.39 is 11.9 Å². The standard InChI is InChI=1S/C18H18FN7O2S/c1-12(29)21-5-15-8-26(18(27)28-15)14-2-3-17(16(19)4-14)24-6-13(22-11-24)7-25-10-20-9-23-25/h2-4,6,9-11,15H,5,7-8H2,1H3,(H,21,29). The Morgan fingerprint density at radius 2 is 2.28 bits per heavy atom. The number of rotatable bonds is 6. The van der Waals surface area contributed by atoms with Crippen molar-refractivity contribution in [3.05, 3.63) is 54.9 Å². The summed E-state index contributed by atoms with van der Waals surface area (Å²) in [6, 6.07) is 4.59. The van der Waals surface area contributed by atoms with Gasteiger partial charge in [0.2, 0.25) is 0 Å². The van der Waals surface area contributed by atoms with Gasteiger partial charge in [0.25, 0.3) is 0 Å². The molecule has 0 radical (unpaired) electrons. The SMILES string of the molecule is CC(=S)NCC1CN(c2ccc(-n3cnc(Cn4cncn4)c3)c(F)c2)C(=O)O1. The molecule has 1 atom stereocenters. The minimum atomic E-state index is -0.510. The van der Waals surface area contributed by atoms with Crippen molar-refractivity contribution in [1.82, 2.24) is 29.6 Å². The molecule has 29 heavy (non-hydrogen) atoms. The first-order chi connectivity index (χ1) is 14.0. The molecule has 1 saturated heterocycles. The molecule has 1 aliphatic heterocycles. The molecular weight excluding hydrogens is 397 g/mol. The molecule has 4 rings (SSSR count). The average Bonchev–Trinajstić information content (AvgIpc) is 3.42. The maximum absolute atomic E-state index is 14.8. The number of hydrogen-bond acceptors (Lipinski definition) is 6. The van der Waals surface area contributed by atoms with Gasteiger partial charge in [-0.25, -0.2) is 23.8 Å². The minimum Gasteiger partial charge on any atom is -0.442 e. The van der Waals surface area contributed by atoms with Gasteiger partial charge in [-0.1, -0.05) is 12.2 Å². The highest BCUT2D eigenvalue weighted by atomic mass is 32.1. The molecule has 1 N–H and O–H groups in total. The van der Waals surface area contributed by atoms with Gasteiger partial charge >= 0.3 is 6.09 Å². The van der Waals surface area contributed by atoms with E-state index in [1.54, 1.807) is 40.8 Å². The van der Waals surface area contributed by atoms with Crippen LogP contribution >= 0.6 is 12.2 Å². The van der Waals surface area contributed by atoms with E-state index in [0.717, 1.165) is 0 Å². The van der Waals surface area contributed by atoms with Crippen LogP contribution in [-0.4, -0.2) is 54.6 Å². The Labute approximate surface area is 171 Å². The van der Waals surface area contributed by atoms with E-state index in [1.807, 2.05) is 0 Å². The highest BCUT2D eigenvalue weighted by Gasteiger charge is 2.32. The Balaban J connectivity index is 1.48. The third-order valence-corrected chi connectivity index (χ3v) is 4.54. The van der Waals surface area contributed by atoms with Crippen LogP contribution < -0.4 is 10.2 Å². The molecule has 2 aromatic heterocycles. The molecule has 0 spiro atoms. The van der Waals surface area contributed by atoms with Crippen molar-refractivity contribution in [2.24, 2.45) is 0 Å². The molecule has 3 aromatic rings. The van der Waals surface area contributed by atoms with Crippen molar-refractivity contribution >= 4 is 29.0 Å². The number of hydrogen-bond donors (Lipinski definition) is 1. The lowest BCUT2D eigenvalue weighted by atomic mass is 10.2. The van der Waals surface area contributed by atoms with Crippen LogP contribution in [0, 0.1) is 5.82 Å². The number of imidazole rings is 1. The van der Waals surface area contributed by atoms with Gasteiger partial charge in [-0.3, -0.25) is 4.90 Å². The molecule has 1 fully saturated rings. The summed E-state index contributed by atoms with van der Waals surface area (Å²) in [5.41, 5.74) is 1.47. The van der Waals surface area contributed by atoms with Crippen LogP contribution in [0.5, 0.6) is 0 Å². The van der Waals surface area contributed by atoms with Crippen LogP contribution in [0.3, 0.4) is 0 Å². The number of cyclic esters (lactones) is 1. The number of ether oxygens (including phenoxy) is 1. The molecule has 11 heteroatoms. The van der Waals surface area contributed by atoms with E-state index in [2.05, 4.69) is 20.4 Å². The first kappa shape index (κ1) is 19.0. The van der Waals surface area contributed by atoms with E-state index in [4.69, 9.17) is 17.0 Å². The number of amides is 1. The highest BCUT2D eigenvalue weighted by Crippen LogP contribution is 2.25. The zero-order chi connectivity index (χ0) is 20.4. The number of benzene rings is 1. The van der Waals surface area contributed by atoms with Crippen LogP contribution in [-0.2, 0) is 11.3 Å². The Hall–Kier alpha value is -3.34. The first-order valence-electron chi connectivity index (χ1n) is 8.87. The summed E-state index contributed by atoms with van der Waals surface area (Å²) in [6.07, 6.45) is 5.42. The molecule has 0 aliphatic carbocycles. The van der Waals surface area contributed by atoms with Crippen molar-refractivity contribution in [2.75, 3.05) is 18.0 Å². The summed E-state index contributed by atoms with van der Waals surface area (Å²) in [4.78, 5) is 22.3. The normalized spacial score (nSPS) is 16.1. The average molecular weight is 415 g/mol. The summed E-state index contributed by atoms with van der Waals surface area (Å²) in [7, 11) is 0. The van der Waals surface area contributed by atoms with Gasteiger partial charge in [0.05, 0.1) is 48.0 Å². The van der Waals surface area contributed by atoms with Gasteiger partial charge in [-0.05, 0) is 25.1 Å². The molecule has 0 saturated carbocycles. The van der Waals surface area contributed by atoms with Gasteiger partial charge in [0.15, 0.2) is 0 Å². The van der Waals surface area contributed by atoms with E-state index in [1.165, 1.54) is 23.6 Å². The zero-order valence-corrected chi connectivity index (χ0v) is 16.3. The molecular formula is C18H18FN7O2S. The second-order valence-electron chi connectivity index (χ2n) is 6.55. The number of nitrogens with one attached hydrogen (secondary N) is 1. The second-order valence-corrected chi connectivity index (χ2v) is 7.17. The fourth-order valence-electron chi connectivity index (χ4n) is 3.03. The van der Waals surface area contributed by atoms with E-state index in [0.29, 0.717) is 41.7 Å². The first-order valence-corrected chi connectivity index (χ1v) is 9.28. The minimum absolute atomic E-state index is 0.320. The Kier molecular flexibility index (Phi) is 5.21. The topological polar surface area (TPSA) is 90.1 Å². The molecule has 3 heterocycles. The second kappa shape index (κ2) is 7.95. The maximum Gasteiger partial charge on any atom is 0.414 e. The van der Waals surface area contributed by atoms with Gasteiger partial charge in [-0.15, -0.1) is 0 Å². The van der Waals surface area contributed by atoms with Crippen LogP contribution in [0.15, 0.2) is 43.4 Å². The predicted molar refractivity (Wildman–Crippen MR) is 107 cm³/mol. The monoisotopic (exact) mass is 415 g/mol. The van der Waals surface area contributed by atoms with Crippen LogP contribution in [0.4, 0.5) is 14.9 Å². The number of thiocarbonyl (C=S) groups is 1.